The number of furan rings is 1. The van der Waals surface area contributed by atoms with Crippen LogP contribution in [-0.2, 0) is 28.6 Å². The van der Waals surface area contributed by atoms with Crippen molar-refractivity contribution in [1.82, 2.24) is 0 Å². The van der Waals surface area contributed by atoms with Crippen molar-refractivity contribution in [2.24, 2.45) is 33.5 Å². The molecule has 0 amide bonds. The van der Waals surface area contributed by atoms with Gasteiger partial charge >= 0.3 is 17.9 Å². The van der Waals surface area contributed by atoms with E-state index in [1.165, 1.54) is 13.8 Å². The van der Waals surface area contributed by atoms with Crippen LogP contribution in [0.5, 0.6) is 0 Å². The fraction of sp³-hybridized carbons (Fsp3) is 0.700. The molecule has 8 atom stereocenters. The molecule has 0 saturated heterocycles. The first-order valence-corrected chi connectivity index (χ1v) is 13.5. The summed E-state index contributed by atoms with van der Waals surface area (Å²) in [6.07, 6.45) is 7.98. The second-order valence-electron chi connectivity index (χ2n) is 13.1. The number of carbonyl (C=O) groups excluding carboxylic acids is 3. The van der Waals surface area contributed by atoms with Crippen LogP contribution in [0.3, 0.4) is 0 Å². The van der Waals surface area contributed by atoms with Gasteiger partial charge < -0.3 is 18.6 Å². The zero-order valence-electron chi connectivity index (χ0n) is 23.1. The molecule has 0 spiro atoms. The van der Waals surface area contributed by atoms with Gasteiger partial charge in [-0.25, -0.2) is 4.79 Å². The molecule has 5 unspecified atom stereocenters. The van der Waals surface area contributed by atoms with Crippen molar-refractivity contribution in [2.75, 3.05) is 0 Å². The molecule has 3 fully saturated rings. The first-order valence-electron chi connectivity index (χ1n) is 13.5. The van der Waals surface area contributed by atoms with Gasteiger partial charge in [-0.05, 0) is 61.0 Å². The average Bonchev–Trinajstić information content (AvgIpc) is 3.32. The summed E-state index contributed by atoms with van der Waals surface area (Å²) in [5, 5.41) is 0. The van der Waals surface area contributed by atoms with Gasteiger partial charge in [0.15, 0.2) is 0 Å². The van der Waals surface area contributed by atoms with E-state index in [4.69, 9.17) is 18.6 Å². The molecule has 3 saturated carbocycles. The van der Waals surface area contributed by atoms with Crippen LogP contribution >= 0.6 is 0 Å². The molecule has 3 aliphatic carbocycles. The van der Waals surface area contributed by atoms with Gasteiger partial charge in [0.2, 0.25) is 0 Å². The van der Waals surface area contributed by atoms with Crippen molar-refractivity contribution in [3.05, 3.63) is 35.8 Å². The summed E-state index contributed by atoms with van der Waals surface area (Å²) in [7, 11) is 0. The molecular formula is C30H40O7. The van der Waals surface area contributed by atoms with Crippen LogP contribution in [0.4, 0.5) is 0 Å². The van der Waals surface area contributed by atoms with Crippen molar-refractivity contribution in [1.29, 1.82) is 0 Å². The number of esters is 3. The van der Waals surface area contributed by atoms with E-state index in [1.54, 1.807) is 18.6 Å². The quantitative estimate of drug-likeness (QED) is 0.366. The van der Waals surface area contributed by atoms with Crippen LogP contribution in [0.1, 0.15) is 92.2 Å². The second-order valence-corrected chi connectivity index (χ2v) is 13.1. The van der Waals surface area contributed by atoms with E-state index < -0.39 is 23.0 Å². The third-order valence-electron chi connectivity index (χ3n) is 10.8. The molecule has 1 aliphatic heterocycles. The highest BCUT2D eigenvalue weighted by molar-refractivity contribution is 5.85. The maximum absolute atomic E-state index is 13.0. The predicted molar refractivity (Wildman–Crippen MR) is 135 cm³/mol. The van der Waals surface area contributed by atoms with Crippen molar-refractivity contribution in [3.8, 4) is 0 Å². The monoisotopic (exact) mass is 512 g/mol. The molecule has 37 heavy (non-hydrogen) atoms. The molecular weight excluding hydrogens is 472 g/mol. The highest BCUT2D eigenvalue weighted by Crippen LogP contribution is 2.73. The number of hydrogen-bond donors (Lipinski definition) is 0. The Labute approximate surface area is 219 Å². The van der Waals surface area contributed by atoms with E-state index in [0.29, 0.717) is 6.42 Å². The summed E-state index contributed by atoms with van der Waals surface area (Å²) in [6, 6.07) is 1.86. The normalized spacial score (nSPS) is 42.3. The zero-order valence-corrected chi connectivity index (χ0v) is 23.1. The third kappa shape index (κ3) is 3.70. The van der Waals surface area contributed by atoms with E-state index in [1.807, 2.05) is 6.07 Å². The largest absolute Gasteiger partial charge is 0.472 e. The van der Waals surface area contributed by atoms with Crippen LogP contribution < -0.4 is 0 Å². The fourth-order valence-corrected chi connectivity index (χ4v) is 9.24. The van der Waals surface area contributed by atoms with Crippen molar-refractivity contribution < 1.29 is 33.0 Å². The Kier molecular flexibility index (Phi) is 5.96. The highest BCUT2D eigenvalue weighted by Gasteiger charge is 2.70. The van der Waals surface area contributed by atoms with Crippen LogP contribution in [-0.4, -0.2) is 30.1 Å². The van der Waals surface area contributed by atoms with Gasteiger partial charge in [-0.15, -0.1) is 0 Å². The third-order valence-corrected chi connectivity index (χ3v) is 10.8. The molecule has 0 radical (unpaired) electrons. The Morgan fingerprint density at radius 1 is 0.946 bits per heavy atom. The number of hydrogen-bond acceptors (Lipinski definition) is 7. The zero-order chi connectivity index (χ0) is 27.0. The number of ether oxygens (including phenoxy) is 3. The van der Waals surface area contributed by atoms with Crippen molar-refractivity contribution in [3.63, 3.8) is 0 Å². The summed E-state index contributed by atoms with van der Waals surface area (Å²) >= 11 is 0. The van der Waals surface area contributed by atoms with Gasteiger partial charge in [0.05, 0.1) is 12.5 Å². The van der Waals surface area contributed by atoms with Crippen LogP contribution in [0.2, 0.25) is 0 Å². The Morgan fingerprint density at radius 2 is 1.62 bits per heavy atom. The summed E-state index contributed by atoms with van der Waals surface area (Å²) in [5.41, 5.74) is 0.489. The number of fused-ring (bicyclic) bond motifs is 5. The Morgan fingerprint density at radius 3 is 2.24 bits per heavy atom. The van der Waals surface area contributed by atoms with Gasteiger partial charge in [-0.1, -0.05) is 34.6 Å². The van der Waals surface area contributed by atoms with E-state index in [9.17, 15) is 14.4 Å². The lowest BCUT2D eigenvalue weighted by atomic mass is 9.36. The van der Waals surface area contributed by atoms with E-state index in [2.05, 4.69) is 34.6 Å². The summed E-state index contributed by atoms with van der Waals surface area (Å²) in [5.74, 6) is -0.602. The minimum atomic E-state index is -0.546. The molecule has 7 nitrogen and oxygen atoms in total. The highest BCUT2D eigenvalue weighted by atomic mass is 16.6. The maximum Gasteiger partial charge on any atom is 0.331 e. The molecule has 1 aromatic heterocycles. The first-order chi connectivity index (χ1) is 17.2. The topological polar surface area (TPSA) is 92.0 Å². The molecule has 7 heteroatoms. The molecule has 1 aromatic rings. The van der Waals surface area contributed by atoms with Crippen molar-refractivity contribution in [2.45, 2.75) is 98.9 Å². The van der Waals surface area contributed by atoms with E-state index in [-0.39, 0.29) is 46.7 Å². The Hall–Kier alpha value is -2.57. The van der Waals surface area contributed by atoms with E-state index >= 15 is 0 Å². The standard InChI is InChI=1S/C30H40O7/c1-17(31)35-23-9-12-28(5)20-8-11-29(6)22(15-25(33)37-26(29)19-10-13-34-16-19)30(20,7)24(36-18(2)32)14-21(28)27(23,3)4/h10,13,15-16,20-21,23-24,26H,8-9,11-12,14H2,1-7H3/t20?,21?,23?,24?,26?,28-,29+,30+/m0/s1. The van der Waals surface area contributed by atoms with Gasteiger partial charge in [-0.3, -0.25) is 9.59 Å². The van der Waals surface area contributed by atoms with Gasteiger partial charge in [0, 0.05) is 41.7 Å². The Balaban J connectivity index is 1.63. The molecule has 0 aromatic carbocycles. The van der Waals surface area contributed by atoms with Gasteiger partial charge in [-0.2, -0.15) is 0 Å². The lowest BCUT2D eigenvalue weighted by Gasteiger charge is -2.69. The minimum Gasteiger partial charge on any atom is -0.472 e. The van der Waals surface area contributed by atoms with Crippen LogP contribution in [0.25, 0.3) is 0 Å². The molecule has 0 N–H and O–H groups in total. The maximum atomic E-state index is 13.0. The number of rotatable bonds is 3. The predicted octanol–water partition coefficient (Wildman–Crippen LogP) is 5.94. The second kappa shape index (κ2) is 8.47. The van der Waals surface area contributed by atoms with Gasteiger partial charge in [0.1, 0.15) is 18.3 Å². The molecule has 5 rings (SSSR count). The Bertz CT molecular complexity index is 1130. The van der Waals surface area contributed by atoms with E-state index in [0.717, 1.165) is 36.8 Å². The summed E-state index contributed by atoms with van der Waals surface area (Å²) in [4.78, 5) is 37.4. The summed E-state index contributed by atoms with van der Waals surface area (Å²) < 4.78 is 23.3. The smallest absolute Gasteiger partial charge is 0.331 e. The lowest BCUT2D eigenvalue weighted by molar-refractivity contribution is -0.230. The minimum absolute atomic E-state index is 0.0831. The number of cyclic esters (lactones) is 1. The molecule has 0 bridgehead atoms. The lowest BCUT2D eigenvalue weighted by Crippen LogP contribution is -2.67. The van der Waals surface area contributed by atoms with Gasteiger partial charge in [0.25, 0.3) is 0 Å². The van der Waals surface area contributed by atoms with Crippen LogP contribution in [0.15, 0.2) is 34.7 Å². The summed E-state index contributed by atoms with van der Waals surface area (Å²) in [6.45, 7) is 14.0. The molecule has 2 heterocycles. The molecule has 202 valence electrons. The molecule has 4 aliphatic rings. The number of carbonyl (C=O) groups is 3. The van der Waals surface area contributed by atoms with Crippen LogP contribution in [0, 0.1) is 33.5 Å². The SMILES string of the molecule is CC(=O)OC1CC[C@]2(C)C(CC(OC(C)=O)[C@@]3(C)C4=CC(=O)OC(c5ccoc5)[C@]4(C)CCC23)C1(C)C. The average molecular weight is 513 g/mol. The first kappa shape index (κ1) is 26.1. The van der Waals surface area contributed by atoms with Crippen molar-refractivity contribution >= 4 is 17.9 Å². The fourth-order valence-electron chi connectivity index (χ4n) is 9.24.